The van der Waals surface area contributed by atoms with Crippen molar-refractivity contribution in [2.75, 3.05) is 18.6 Å². The lowest BCUT2D eigenvalue weighted by molar-refractivity contribution is -0.141. The van der Waals surface area contributed by atoms with Crippen LogP contribution in [0, 0.1) is 12.8 Å². The van der Waals surface area contributed by atoms with Gasteiger partial charge in [-0.2, -0.15) is 4.98 Å². The Bertz CT molecular complexity index is 1240. The number of hydrogen-bond donors (Lipinski definition) is 0. The molecule has 1 aromatic carbocycles. The van der Waals surface area contributed by atoms with E-state index in [-0.39, 0.29) is 5.92 Å². The van der Waals surface area contributed by atoms with E-state index in [4.69, 9.17) is 0 Å². The summed E-state index contributed by atoms with van der Waals surface area (Å²) < 4.78 is 8.70. The molecule has 0 saturated heterocycles. The fraction of sp³-hybridized carbons (Fsp3) is 0.400. The molecule has 29 heavy (non-hydrogen) atoms. The molecule has 9 nitrogen and oxygen atoms in total. The fourth-order valence-corrected chi connectivity index (χ4v) is 3.85. The zero-order chi connectivity index (χ0) is 20.9. The molecule has 9 heteroatoms. The van der Waals surface area contributed by atoms with Gasteiger partial charge < -0.3 is 14.2 Å². The number of hydrogen-bond acceptors (Lipinski definition) is 6. The Kier molecular flexibility index (Phi) is 4.52. The van der Waals surface area contributed by atoms with Crippen LogP contribution in [0.3, 0.4) is 0 Å². The minimum absolute atomic E-state index is 0.256. The van der Waals surface area contributed by atoms with E-state index < -0.39 is 23.8 Å². The number of ether oxygens (including phenoxy) is 1. The lowest BCUT2D eigenvalue weighted by atomic mass is 10.1. The van der Waals surface area contributed by atoms with Crippen LogP contribution >= 0.6 is 0 Å². The third-order valence-corrected chi connectivity index (χ3v) is 5.27. The molecule has 0 N–H and O–H groups in total. The van der Waals surface area contributed by atoms with Crippen molar-refractivity contribution in [3.8, 4) is 0 Å². The maximum Gasteiger partial charge on any atom is 0.333 e. The van der Waals surface area contributed by atoms with Crippen molar-refractivity contribution in [1.82, 2.24) is 18.7 Å². The number of aromatic nitrogens is 4. The van der Waals surface area contributed by atoms with Gasteiger partial charge in [-0.1, -0.05) is 19.1 Å². The SMILES string of the molecule is COC(=O)Cn1c(=O)c2c(nc3n2CC(C)CN3c2cccc(C)c2)n(C)c1=O. The second kappa shape index (κ2) is 6.91. The Morgan fingerprint density at radius 1 is 1.28 bits per heavy atom. The Morgan fingerprint density at radius 2 is 2.03 bits per heavy atom. The summed E-state index contributed by atoms with van der Waals surface area (Å²) >= 11 is 0. The van der Waals surface area contributed by atoms with Gasteiger partial charge in [0.15, 0.2) is 11.2 Å². The summed E-state index contributed by atoms with van der Waals surface area (Å²) in [5, 5.41) is 0. The van der Waals surface area contributed by atoms with E-state index in [2.05, 4.69) is 27.6 Å². The average molecular weight is 397 g/mol. The molecule has 3 aromatic rings. The van der Waals surface area contributed by atoms with Crippen LogP contribution in [0.4, 0.5) is 11.6 Å². The highest BCUT2D eigenvalue weighted by atomic mass is 16.5. The van der Waals surface area contributed by atoms with Gasteiger partial charge in [0.1, 0.15) is 6.54 Å². The predicted molar refractivity (Wildman–Crippen MR) is 109 cm³/mol. The van der Waals surface area contributed by atoms with Gasteiger partial charge in [-0.3, -0.25) is 14.2 Å². The summed E-state index contributed by atoms with van der Waals surface area (Å²) in [5.74, 6) is 0.217. The molecular formula is C20H23N5O4. The van der Waals surface area contributed by atoms with E-state index in [1.54, 1.807) is 7.05 Å². The Morgan fingerprint density at radius 3 is 2.72 bits per heavy atom. The van der Waals surface area contributed by atoms with Gasteiger partial charge in [0, 0.05) is 25.8 Å². The summed E-state index contributed by atoms with van der Waals surface area (Å²) in [7, 11) is 2.77. The summed E-state index contributed by atoms with van der Waals surface area (Å²) in [6.45, 7) is 5.04. The summed E-state index contributed by atoms with van der Waals surface area (Å²) in [6.07, 6.45) is 0. The van der Waals surface area contributed by atoms with Gasteiger partial charge in [0.25, 0.3) is 5.56 Å². The maximum absolute atomic E-state index is 13.2. The fourth-order valence-electron chi connectivity index (χ4n) is 3.85. The molecule has 2 aromatic heterocycles. The van der Waals surface area contributed by atoms with Gasteiger partial charge in [0.2, 0.25) is 5.95 Å². The number of nitrogens with zero attached hydrogens (tertiary/aromatic N) is 5. The lowest BCUT2D eigenvalue weighted by Gasteiger charge is -2.33. The summed E-state index contributed by atoms with van der Waals surface area (Å²) in [5.41, 5.74) is 1.59. The number of rotatable bonds is 3. The van der Waals surface area contributed by atoms with Crippen LogP contribution in [0.25, 0.3) is 11.2 Å². The first kappa shape index (κ1) is 19.0. The standard InChI is InChI=1S/C20H23N5O4/c1-12-6-5-7-14(8-12)23-9-13(2)10-24-16-17(21-19(23)24)22(3)20(28)25(18(16)27)11-15(26)29-4/h5-8,13H,9-11H2,1-4H3. The van der Waals surface area contributed by atoms with E-state index >= 15 is 0 Å². The number of carbonyl (C=O) groups excluding carboxylic acids is 1. The first-order valence-corrected chi connectivity index (χ1v) is 9.43. The maximum atomic E-state index is 13.2. The molecule has 1 aliphatic heterocycles. The van der Waals surface area contributed by atoms with Crippen LogP contribution in [0.5, 0.6) is 0 Å². The third-order valence-electron chi connectivity index (χ3n) is 5.27. The minimum atomic E-state index is -0.656. The zero-order valence-corrected chi connectivity index (χ0v) is 16.9. The second-order valence-corrected chi connectivity index (χ2v) is 7.56. The van der Waals surface area contributed by atoms with Gasteiger partial charge >= 0.3 is 11.7 Å². The number of anilines is 2. The van der Waals surface area contributed by atoms with Crippen LogP contribution in [0.15, 0.2) is 33.9 Å². The monoisotopic (exact) mass is 397 g/mol. The smallest absolute Gasteiger partial charge is 0.333 e. The number of esters is 1. The van der Waals surface area contributed by atoms with Crippen LogP contribution in [-0.4, -0.2) is 38.3 Å². The Balaban J connectivity index is 1.99. The quantitative estimate of drug-likeness (QED) is 0.616. The number of imidazole rings is 1. The molecule has 1 atom stereocenters. The van der Waals surface area contributed by atoms with Crippen LogP contribution < -0.4 is 16.1 Å². The Labute approximate surface area is 166 Å². The van der Waals surface area contributed by atoms with E-state index in [1.807, 2.05) is 29.7 Å². The summed E-state index contributed by atoms with van der Waals surface area (Å²) in [6, 6.07) is 8.07. The van der Waals surface area contributed by atoms with Gasteiger partial charge in [-0.05, 0) is 30.5 Å². The molecule has 152 valence electrons. The highest BCUT2D eigenvalue weighted by Crippen LogP contribution is 2.33. The van der Waals surface area contributed by atoms with Crippen molar-refractivity contribution in [2.45, 2.75) is 26.9 Å². The van der Waals surface area contributed by atoms with Gasteiger partial charge in [-0.25, -0.2) is 9.36 Å². The molecule has 1 aliphatic rings. The molecule has 0 radical (unpaired) electrons. The highest BCUT2D eigenvalue weighted by molar-refractivity contribution is 5.77. The van der Waals surface area contributed by atoms with E-state index in [1.165, 1.54) is 11.7 Å². The predicted octanol–water partition coefficient (Wildman–Crippen LogP) is 1.17. The minimum Gasteiger partial charge on any atom is -0.468 e. The number of carbonyl (C=O) groups is 1. The molecule has 0 amide bonds. The molecule has 3 heterocycles. The number of fused-ring (bicyclic) bond motifs is 3. The molecular weight excluding hydrogens is 374 g/mol. The molecule has 0 bridgehead atoms. The van der Waals surface area contributed by atoms with E-state index in [9.17, 15) is 14.4 Å². The van der Waals surface area contributed by atoms with Crippen LogP contribution in [0.1, 0.15) is 12.5 Å². The number of aryl methyl sites for hydroxylation is 2. The zero-order valence-electron chi connectivity index (χ0n) is 16.9. The van der Waals surface area contributed by atoms with Crippen molar-refractivity contribution in [1.29, 1.82) is 0 Å². The van der Waals surface area contributed by atoms with Crippen LogP contribution in [0.2, 0.25) is 0 Å². The van der Waals surface area contributed by atoms with Crippen molar-refractivity contribution >= 4 is 28.8 Å². The van der Waals surface area contributed by atoms with E-state index in [0.717, 1.165) is 22.4 Å². The molecule has 0 spiro atoms. The van der Waals surface area contributed by atoms with Crippen molar-refractivity contribution < 1.29 is 9.53 Å². The molecule has 1 unspecified atom stereocenters. The van der Waals surface area contributed by atoms with Crippen molar-refractivity contribution in [3.05, 3.63) is 50.7 Å². The summed E-state index contributed by atoms with van der Waals surface area (Å²) in [4.78, 5) is 44.3. The number of benzene rings is 1. The molecule has 0 fully saturated rings. The third kappa shape index (κ3) is 3.02. The lowest BCUT2D eigenvalue weighted by Crippen LogP contribution is -2.42. The topological polar surface area (TPSA) is 91.4 Å². The van der Waals surface area contributed by atoms with E-state index in [0.29, 0.717) is 23.7 Å². The largest absolute Gasteiger partial charge is 0.468 e. The first-order chi connectivity index (χ1) is 13.8. The molecule has 4 rings (SSSR count). The van der Waals surface area contributed by atoms with Crippen molar-refractivity contribution in [2.24, 2.45) is 13.0 Å². The second-order valence-electron chi connectivity index (χ2n) is 7.56. The number of methoxy groups -OCH3 is 1. The molecule has 0 aliphatic carbocycles. The normalized spacial score (nSPS) is 16.1. The molecule has 0 saturated carbocycles. The van der Waals surface area contributed by atoms with Gasteiger partial charge in [-0.15, -0.1) is 0 Å². The van der Waals surface area contributed by atoms with Crippen LogP contribution in [-0.2, 0) is 29.7 Å². The highest BCUT2D eigenvalue weighted by Gasteiger charge is 2.30. The average Bonchev–Trinajstić information content (AvgIpc) is 3.08. The Hall–Kier alpha value is -3.36. The van der Waals surface area contributed by atoms with Crippen molar-refractivity contribution in [3.63, 3.8) is 0 Å². The van der Waals surface area contributed by atoms with Gasteiger partial charge in [0.05, 0.1) is 7.11 Å². The first-order valence-electron chi connectivity index (χ1n) is 9.43.